The second-order valence-corrected chi connectivity index (χ2v) is 7.83. The maximum Gasteiger partial charge on any atom is 0.226 e. The molecular formula is C20H24ClN3O. The Morgan fingerprint density at radius 2 is 1.92 bits per heavy atom. The van der Waals surface area contributed by atoms with Crippen LogP contribution in [0.3, 0.4) is 0 Å². The van der Waals surface area contributed by atoms with E-state index in [1.165, 1.54) is 16.8 Å². The summed E-state index contributed by atoms with van der Waals surface area (Å²) < 4.78 is 0. The predicted octanol–water partition coefficient (Wildman–Crippen LogP) is 4.14. The number of rotatable bonds is 2. The van der Waals surface area contributed by atoms with E-state index in [0.717, 1.165) is 43.8 Å². The van der Waals surface area contributed by atoms with Gasteiger partial charge in [-0.3, -0.25) is 9.89 Å². The summed E-state index contributed by atoms with van der Waals surface area (Å²) in [7, 11) is 0. The van der Waals surface area contributed by atoms with Crippen molar-refractivity contribution in [1.29, 1.82) is 0 Å². The molecule has 1 aromatic heterocycles. The minimum atomic E-state index is 0.0946. The van der Waals surface area contributed by atoms with Crippen LogP contribution in [0.25, 0.3) is 0 Å². The standard InChI is InChI=1S/C20H24ClN3O/c1-13-17(6-7-19-18(13)12-22-23-19)20(25)24-10-8-15(9-11-24)14-2-4-16(21)5-3-14/h2-5,12-13,15,17H,6-11H2,1H3,(H,22,23). The minimum absolute atomic E-state index is 0.0946. The van der Waals surface area contributed by atoms with Gasteiger partial charge in [-0.1, -0.05) is 30.7 Å². The largest absolute Gasteiger partial charge is 0.342 e. The van der Waals surface area contributed by atoms with E-state index < -0.39 is 0 Å². The van der Waals surface area contributed by atoms with Crippen molar-refractivity contribution in [2.75, 3.05) is 13.1 Å². The fourth-order valence-corrected chi connectivity index (χ4v) is 4.55. The number of carbonyl (C=O) groups excluding carboxylic acids is 1. The van der Waals surface area contributed by atoms with E-state index in [0.29, 0.717) is 11.8 Å². The first-order valence-corrected chi connectivity index (χ1v) is 9.57. The number of carbonyl (C=O) groups is 1. The number of hydrogen-bond acceptors (Lipinski definition) is 2. The van der Waals surface area contributed by atoms with E-state index in [-0.39, 0.29) is 11.8 Å². The quantitative estimate of drug-likeness (QED) is 0.878. The molecule has 2 aliphatic rings. The van der Waals surface area contributed by atoms with Crippen LogP contribution in [0.5, 0.6) is 0 Å². The predicted molar refractivity (Wildman–Crippen MR) is 98.8 cm³/mol. The normalized spacial score (nSPS) is 24.2. The summed E-state index contributed by atoms with van der Waals surface area (Å²) in [6, 6.07) is 8.16. The molecule has 0 radical (unpaired) electrons. The van der Waals surface area contributed by atoms with Crippen molar-refractivity contribution in [2.45, 2.75) is 44.4 Å². The summed E-state index contributed by atoms with van der Waals surface area (Å²) in [5.41, 5.74) is 3.77. The highest BCUT2D eigenvalue weighted by molar-refractivity contribution is 6.30. The third-order valence-electron chi connectivity index (χ3n) is 6.02. The zero-order valence-corrected chi connectivity index (χ0v) is 15.3. The van der Waals surface area contributed by atoms with Gasteiger partial charge in [0.05, 0.1) is 6.20 Å². The summed E-state index contributed by atoms with van der Waals surface area (Å²) >= 11 is 5.98. The number of aromatic amines is 1. The molecule has 1 aliphatic heterocycles. The van der Waals surface area contributed by atoms with E-state index in [9.17, 15) is 4.79 Å². The van der Waals surface area contributed by atoms with Crippen LogP contribution in [0.15, 0.2) is 30.5 Å². The van der Waals surface area contributed by atoms with Crippen LogP contribution in [0.4, 0.5) is 0 Å². The molecular weight excluding hydrogens is 334 g/mol. The second kappa shape index (κ2) is 6.83. The number of piperidine rings is 1. The van der Waals surface area contributed by atoms with Gasteiger partial charge in [-0.15, -0.1) is 0 Å². The number of benzene rings is 1. The highest BCUT2D eigenvalue weighted by Gasteiger charge is 2.36. The Balaban J connectivity index is 1.39. The third kappa shape index (κ3) is 3.20. The van der Waals surface area contributed by atoms with Crippen molar-refractivity contribution in [3.05, 3.63) is 52.3 Å². The van der Waals surface area contributed by atoms with Gasteiger partial charge in [0, 0.05) is 29.7 Å². The number of aromatic nitrogens is 2. The first-order chi connectivity index (χ1) is 12.1. The Morgan fingerprint density at radius 1 is 1.20 bits per heavy atom. The van der Waals surface area contributed by atoms with E-state index in [4.69, 9.17) is 11.6 Å². The van der Waals surface area contributed by atoms with Gasteiger partial charge in [0.15, 0.2) is 0 Å². The number of hydrogen-bond donors (Lipinski definition) is 1. The molecule has 2 unspecified atom stereocenters. The number of H-pyrrole nitrogens is 1. The van der Waals surface area contributed by atoms with Crippen LogP contribution < -0.4 is 0 Å². The fourth-order valence-electron chi connectivity index (χ4n) is 4.42. The lowest BCUT2D eigenvalue weighted by Gasteiger charge is -2.37. The van der Waals surface area contributed by atoms with Crippen LogP contribution >= 0.6 is 11.6 Å². The van der Waals surface area contributed by atoms with Crippen LogP contribution in [0, 0.1) is 5.92 Å². The second-order valence-electron chi connectivity index (χ2n) is 7.39. The van der Waals surface area contributed by atoms with E-state index in [2.05, 4.69) is 34.2 Å². The van der Waals surface area contributed by atoms with Gasteiger partial charge < -0.3 is 4.90 Å². The van der Waals surface area contributed by atoms with Gasteiger partial charge in [-0.2, -0.15) is 5.10 Å². The number of aryl methyl sites for hydroxylation is 1. The Hall–Kier alpha value is -1.81. The summed E-state index contributed by atoms with van der Waals surface area (Å²) in [4.78, 5) is 15.1. The molecule has 0 bridgehead atoms. The van der Waals surface area contributed by atoms with Crippen molar-refractivity contribution < 1.29 is 4.79 Å². The van der Waals surface area contributed by atoms with Crippen molar-refractivity contribution in [2.24, 2.45) is 5.92 Å². The topological polar surface area (TPSA) is 49.0 Å². The van der Waals surface area contributed by atoms with Crippen molar-refractivity contribution in [3.63, 3.8) is 0 Å². The molecule has 2 atom stereocenters. The Morgan fingerprint density at radius 3 is 2.64 bits per heavy atom. The molecule has 0 spiro atoms. The SMILES string of the molecule is CC1c2cn[nH]c2CCC1C(=O)N1CCC(c2ccc(Cl)cc2)CC1. The molecule has 5 heteroatoms. The monoisotopic (exact) mass is 357 g/mol. The van der Waals surface area contributed by atoms with E-state index in [1.807, 2.05) is 18.3 Å². The lowest BCUT2D eigenvalue weighted by atomic mass is 9.78. The first kappa shape index (κ1) is 16.6. The highest BCUT2D eigenvalue weighted by atomic mass is 35.5. The van der Waals surface area contributed by atoms with E-state index >= 15 is 0 Å². The van der Waals surface area contributed by atoms with Crippen molar-refractivity contribution in [3.8, 4) is 0 Å². The van der Waals surface area contributed by atoms with E-state index in [1.54, 1.807) is 0 Å². The number of amides is 1. The average Bonchev–Trinajstić information content (AvgIpc) is 3.12. The maximum absolute atomic E-state index is 13.1. The smallest absolute Gasteiger partial charge is 0.226 e. The molecule has 132 valence electrons. The molecule has 0 saturated carbocycles. The average molecular weight is 358 g/mol. The number of halogens is 1. The van der Waals surface area contributed by atoms with Gasteiger partial charge >= 0.3 is 0 Å². The van der Waals surface area contributed by atoms with Gasteiger partial charge in [-0.25, -0.2) is 0 Å². The molecule has 1 aromatic carbocycles. The molecule has 4 rings (SSSR count). The number of fused-ring (bicyclic) bond motifs is 1. The maximum atomic E-state index is 13.1. The number of nitrogens with zero attached hydrogens (tertiary/aromatic N) is 2. The molecule has 2 heterocycles. The fraction of sp³-hybridized carbons (Fsp3) is 0.500. The lowest BCUT2D eigenvalue weighted by molar-refractivity contribution is -0.137. The summed E-state index contributed by atoms with van der Waals surface area (Å²) in [6.07, 6.45) is 5.81. The van der Waals surface area contributed by atoms with Crippen LogP contribution in [0.1, 0.15) is 54.8 Å². The Labute approximate surface area is 153 Å². The van der Waals surface area contributed by atoms with Gasteiger partial charge in [0.25, 0.3) is 0 Å². The van der Waals surface area contributed by atoms with Crippen LogP contribution in [-0.4, -0.2) is 34.1 Å². The van der Waals surface area contributed by atoms with Gasteiger partial charge in [0.2, 0.25) is 5.91 Å². The minimum Gasteiger partial charge on any atom is -0.342 e. The van der Waals surface area contributed by atoms with Crippen molar-refractivity contribution >= 4 is 17.5 Å². The summed E-state index contributed by atoms with van der Waals surface area (Å²) in [5, 5.41) is 8.00. The summed E-state index contributed by atoms with van der Waals surface area (Å²) in [6.45, 7) is 3.87. The Kier molecular flexibility index (Phi) is 4.55. The Bertz CT molecular complexity index is 747. The molecule has 1 N–H and O–H groups in total. The first-order valence-electron chi connectivity index (χ1n) is 9.20. The van der Waals surface area contributed by atoms with Crippen LogP contribution in [0.2, 0.25) is 5.02 Å². The molecule has 1 amide bonds. The lowest BCUT2D eigenvalue weighted by Crippen LogP contribution is -2.43. The zero-order chi connectivity index (χ0) is 17.4. The van der Waals surface area contributed by atoms with Crippen LogP contribution in [-0.2, 0) is 11.2 Å². The van der Waals surface area contributed by atoms with Gasteiger partial charge in [-0.05, 0) is 60.8 Å². The molecule has 2 aromatic rings. The molecule has 1 saturated heterocycles. The molecule has 1 aliphatic carbocycles. The van der Waals surface area contributed by atoms with Gasteiger partial charge in [0.1, 0.15) is 0 Å². The third-order valence-corrected chi connectivity index (χ3v) is 6.27. The number of nitrogens with one attached hydrogen (secondary N) is 1. The summed E-state index contributed by atoms with van der Waals surface area (Å²) in [5.74, 6) is 1.21. The highest BCUT2D eigenvalue weighted by Crippen LogP contribution is 2.37. The molecule has 1 fully saturated rings. The molecule has 25 heavy (non-hydrogen) atoms. The zero-order valence-electron chi connectivity index (χ0n) is 14.5. The molecule has 4 nitrogen and oxygen atoms in total. The number of likely N-dealkylation sites (tertiary alicyclic amines) is 1. The van der Waals surface area contributed by atoms with Crippen molar-refractivity contribution in [1.82, 2.24) is 15.1 Å².